The van der Waals surface area contributed by atoms with Crippen LogP contribution in [0, 0.1) is 5.92 Å². The lowest BCUT2D eigenvalue weighted by atomic mass is 9.97. The van der Waals surface area contributed by atoms with E-state index in [9.17, 15) is 8.42 Å². The molecule has 19 heavy (non-hydrogen) atoms. The first kappa shape index (κ1) is 15.0. The maximum atomic E-state index is 12.6. The lowest BCUT2D eigenvalue weighted by Gasteiger charge is -2.30. The minimum absolute atomic E-state index is 0.481. The van der Waals surface area contributed by atoms with Gasteiger partial charge in [-0.1, -0.05) is 13.3 Å². The summed E-state index contributed by atoms with van der Waals surface area (Å²) in [4.78, 5) is 0. The fourth-order valence-electron chi connectivity index (χ4n) is 2.49. The van der Waals surface area contributed by atoms with Gasteiger partial charge in [0.15, 0.2) is 0 Å². The molecule has 0 amide bonds. The van der Waals surface area contributed by atoms with Crippen molar-refractivity contribution in [2.24, 2.45) is 5.92 Å². The van der Waals surface area contributed by atoms with E-state index in [4.69, 9.17) is 0 Å². The third kappa shape index (κ3) is 3.37. The Hall–Kier alpha value is -0.430. The van der Waals surface area contributed by atoms with Crippen molar-refractivity contribution >= 4 is 21.4 Å². The normalized spacial score (nSPS) is 21.7. The smallest absolute Gasteiger partial charge is 0.252 e. The lowest BCUT2D eigenvalue weighted by Crippen LogP contribution is -2.39. The second-order valence-electron chi connectivity index (χ2n) is 5.08. The number of rotatable bonds is 5. The van der Waals surface area contributed by atoms with Crippen LogP contribution in [0.1, 0.15) is 31.7 Å². The minimum Gasteiger partial charge on any atom is -0.316 e. The highest BCUT2D eigenvalue weighted by molar-refractivity contribution is 7.91. The third-order valence-corrected chi connectivity index (χ3v) is 6.99. The first-order chi connectivity index (χ1) is 9.07. The van der Waals surface area contributed by atoms with E-state index in [0.717, 1.165) is 24.8 Å². The molecule has 6 heteroatoms. The highest BCUT2D eigenvalue weighted by Crippen LogP contribution is 2.28. The van der Waals surface area contributed by atoms with Crippen LogP contribution in [0.25, 0.3) is 0 Å². The van der Waals surface area contributed by atoms with Crippen LogP contribution in [0.2, 0.25) is 0 Å². The van der Waals surface area contributed by atoms with E-state index in [0.29, 0.717) is 29.8 Å². The van der Waals surface area contributed by atoms with Crippen LogP contribution >= 0.6 is 11.3 Å². The van der Waals surface area contributed by atoms with Crippen LogP contribution in [0.4, 0.5) is 0 Å². The molecule has 2 heterocycles. The summed E-state index contributed by atoms with van der Waals surface area (Å²) in [5.41, 5.74) is 1.04. The van der Waals surface area contributed by atoms with Crippen LogP contribution < -0.4 is 5.32 Å². The average Bonchev–Trinajstić information content (AvgIpc) is 2.88. The molecule has 1 unspecified atom stereocenters. The fraction of sp³-hybridized carbons (Fsp3) is 0.692. The van der Waals surface area contributed by atoms with Gasteiger partial charge in [-0.05, 0) is 42.8 Å². The van der Waals surface area contributed by atoms with Gasteiger partial charge in [0.25, 0.3) is 10.0 Å². The molecule has 1 fully saturated rings. The van der Waals surface area contributed by atoms with Gasteiger partial charge in [-0.3, -0.25) is 0 Å². The predicted octanol–water partition coefficient (Wildman–Crippen LogP) is 2.28. The number of hydrogen-bond acceptors (Lipinski definition) is 4. The van der Waals surface area contributed by atoms with Crippen molar-refractivity contribution in [1.82, 2.24) is 9.62 Å². The molecule has 1 aliphatic heterocycles. The molecule has 0 spiro atoms. The van der Waals surface area contributed by atoms with Crippen molar-refractivity contribution < 1.29 is 8.42 Å². The topological polar surface area (TPSA) is 49.4 Å². The van der Waals surface area contributed by atoms with Crippen LogP contribution in [-0.2, 0) is 16.6 Å². The van der Waals surface area contributed by atoms with Crippen molar-refractivity contribution in [3.63, 3.8) is 0 Å². The molecule has 0 saturated carbocycles. The summed E-state index contributed by atoms with van der Waals surface area (Å²) in [7, 11) is -1.42. The molecule has 0 aliphatic carbocycles. The number of nitrogens with zero attached hydrogens (tertiary/aromatic N) is 1. The van der Waals surface area contributed by atoms with Crippen molar-refractivity contribution in [2.75, 3.05) is 20.1 Å². The summed E-state index contributed by atoms with van der Waals surface area (Å²) in [5.74, 6) is 0.514. The molecular formula is C13H22N2O2S2. The summed E-state index contributed by atoms with van der Waals surface area (Å²) in [5, 5.41) is 4.96. The zero-order chi connectivity index (χ0) is 13.9. The zero-order valence-electron chi connectivity index (χ0n) is 11.6. The van der Waals surface area contributed by atoms with Gasteiger partial charge in [-0.25, -0.2) is 8.42 Å². The highest BCUT2D eigenvalue weighted by atomic mass is 32.2. The van der Waals surface area contributed by atoms with Gasteiger partial charge >= 0.3 is 0 Å². The number of nitrogens with one attached hydrogen (secondary N) is 1. The summed E-state index contributed by atoms with van der Waals surface area (Å²) < 4.78 is 27.3. The molecule has 1 aliphatic rings. The predicted molar refractivity (Wildman–Crippen MR) is 78.9 cm³/mol. The van der Waals surface area contributed by atoms with Gasteiger partial charge in [0.2, 0.25) is 0 Å². The third-order valence-electron chi connectivity index (χ3n) is 3.66. The maximum Gasteiger partial charge on any atom is 0.252 e. The van der Waals surface area contributed by atoms with Crippen LogP contribution in [0.15, 0.2) is 15.7 Å². The first-order valence-corrected chi connectivity index (χ1v) is 9.12. The van der Waals surface area contributed by atoms with Gasteiger partial charge in [-0.2, -0.15) is 4.31 Å². The SMILES string of the molecule is CCC1CCCN(S(=O)(=O)c2cc(CNC)cs2)C1. The summed E-state index contributed by atoms with van der Waals surface area (Å²) in [6, 6.07) is 1.80. The highest BCUT2D eigenvalue weighted by Gasteiger charge is 2.30. The van der Waals surface area contributed by atoms with E-state index in [1.54, 1.807) is 10.4 Å². The van der Waals surface area contributed by atoms with E-state index >= 15 is 0 Å². The quantitative estimate of drug-likeness (QED) is 0.908. The Kier molecular flexibility index (Phi) is 5.00. The second-order valence-corrected chi connectivity index (χ2v) is 8.16. The number of piperidine rings is 1. The molecule has 0 bridgehead atoms. The Balaban J connectivity index is 2.16. The van der Waals surface area contributed by atoms with Gasteiger partial charge in [0, 0.05) is 19.6 Å². The van der Waals surface area contributed by atoms with E-state index < -0.39 is 10.0 Å². The fourth-order valence-corrected chi connectivity index (χ4v) is 5.41. The molecule has 1 saturated heterocycles. The molecule has 108 valence electrons. The zero-order valence-corrected chi connectivity index (χ0v) is 13.2. The van der Waals surface area contributed by atoms with Gasteiger partial charge in [0.05, 0.1) is 0 Å². The van der Waals surface area contributed by atoms with Crippen LogP contribution in [-0.4, -0.2) is 32.9 Å². The van der Waals surface area contributed by atoms with Gasteiger partial charge < -0.3 is 5.32 Å². The lowest BCUT2D eigenvalue weighted by molar-refractivity contribution is 0.262. The monoisotopic (exact) mass is 302 g/mol. The van der Waals surface area contributed by atoms with Gasteiger partial charge in [-0.15, -0.1) is 11.3 Å². The van der Waals surface area contributed by atoms with Crippen molar-refractivity contribution in [2.45, 2.75) is 36.9 Å². The van der Waals surface area contributed by atoms with E-state index in [1.165, 1.54) is 11.3 Å². The van der Waals surface area contributed by atoms with Gasteiger partial charge in [0.1, 0.15) is 4.21 Å². The molecule has 1 aromatic heterocycles. The largest absolute Gasteiger partial charge is 0.316 e. The standard InChI is InChI=1S/C13H22N2O2S2/c1-3-11-5-4-6-15(9-11)19(16,17)13-7-12(8-14-2)10-18-13/h7,10-11,14H,3-6,8-9H2,1-2H3. The maximum absolute atomic E-state index is 12.6. The Bertz CT molecular complexity index is 510. The first-order valence-electron chi connectivity index (χ1n) is 6.80. The molecule has 1 N–H and O–H groups in total. The number of sulfonamides is 1. The molecule has 0 aromatic carbocycles. The summed E-state index contributed by atoms with van der Waals surface area (Å²) in [6.07, 6.45) is 3.19. The van der Waals surface area contributed by atoms with E-state index in [-0.39, 0.29) is 0 Å². The Morgan fingerprint density at radius 3 is 3.00 bits per heavy atom. The Labute approximate surface area is 119 Å². The van der Waals surface area contributed by atoms with Crippen molar-refractivity contribution in [3.05, 3.63) is 17.0 Å². The second kappa shape index (κ2) is 6.35. The average molecular weight is 302 g/mol. The van der Waals surface area contributed by atoms with Crippen molar-refractivity contribution in [3.8, 4) is 0 Å². The Morgan fingerprint density at radius 1 is 1.53 bits per heavy atom. The molecule has 0 radical (unpaired) electrons. The van der Waals surface area contributed by atoms with Crippen molar-refractivity contribution in [1.29, 1.82) is 0 Å². The van der Waals surface area contributed by atoms with E-state index in [1.807, 2.05) is 12.4 Å². The minimum atomic E-state index is -3.28. The molecule has 1 atom stereocenters. The van der Waals surface area contributed by atoms with Crippen LogP contribution in [0.3, 0.4) is 0 Å². The number of thiophene rings is 1. The molecule has 1 aromatic rings. The molecule has 2 rings (SSSR count). The molecular weight excluding hydrogens is 280 g/mol. The summed E-state index contributed by atoms with van der Waals surface area (Å²) in [6.45, 7) is 4.19. The Morgan fingerprint density at radius 2 is 2.32 bits per heavy atom. The summed E-state index contributed by atoms with van der Waals surface area (Å²) >= 11 is 1.33. The number of hydrogen-bond donors (Lipinski definition) is 1. The van der Waals surface area contributed by atoms with Crippen LogP contribution in [0.5, 0.6) is 0 Å². The molecule has 4 nitrogen and oxygen atoms in total. The van der Waals surface area contributed by atoms with E-state index in [2.05, 4.69) is 12.2 Å².